The Balaban J connectivity index is 1.61. The fourth-order valence-corrected chi connectivity index (χ4v) is 3.84. The van der Waals surface area contributed by atoms with Gasteiger partial charge in [0, 0.05) is 23.2 Å². The third kappa shape index (κ3) is 2.65. The van der Waals surface area contributed by atoms with E-state index in [1.54, 1.807) is 17.0 Å². The van der Waals surface area contributed by atoms with Gasteiger partial charge in [-0.15, -0.1) is 0 Å². The highest BCUT2D eigenvalue weighted by atomic mass is 35.5. The average Bonchev–Trinajstić information content (AvgIpc) is 3.22. The molecule has 1 aromatic rings. The van der Waals surface area contributed by atoms with Gasteiger partial charge in [0.15, 0.2) is 0 Å². The van der Waals surface area contributed by atoms with Crippen LogP contribution in [0.1, 0.15) is 31.2 Å². The summed E-state index contributed by atoms with van der Waals surface area (Å²) in [6.07, 6.45) is 4.34. The van der Waals surface area contributed by atoms with E-state index in [4.69, 9.17) is 11.6 Å². The summed E-state index contributed by atoms with van der Waals surface area (Å²) in [6, 6.07) is 5.41. The smallest absolute Gasteiger partial charge is 0.330 e. The van der Waals surface area contributed by atoms with Crippen LogP contribution in [0.3, 0.4) is 0 Å². The van der Waals surface area contributed by atoms with Gasteiger partial charge in [0.05, 0.1) is 12.2 Å². The molecule has 0 spiro atoms. The van der Waals surface area contributed by atoms with Crippen molar-refractivity contribution in [2.45, 2.75) is 31.7 Å². The molecule has 0 bridgehead atoms. The Kier molecular flexibility index (Phi) is 3.92. The standard InChI is InChI=1S/C17H19ClN4O2/c18-11-5-6-13-14(9-11)22(17(24)21-8-7-19-16(13)21)10-15(23)20-12-3-1-2-4-12/h5-6,9,12H,1-4,7-8,10H2,(H,20,23). The van der Waals surface area contributed by atoms with E-state index in [1.807, 2.05) is 6.07 Å². The van der Waals surface area contributed by atoms with Gasteiger partial charge in [-0.05, 0) is 31.0 Å². The van der Waals surface area contributed by atoms with Gasteiger partial charge in [-0.25, -0.2) is 4.79 Å². The number of carbonyl (C=O) groups is 2. The van der Waals surface area contributed by atoms with Gasteiger partial charge in [0.25, 0.3) is 0 Å². The van der Waals surface area contributed by atoms with Gasteiger partial charge in [0.1, 0.15) is 12.4 Å². The number of urea groups is 1. The predicted molar refractivity (Wildman–Crippen MR) is 92.7 cm³/mol. The number of benzene rings is 1. The highest BCUT2D eigenvalue weighted by molar-refractivity contribution is 6.31. The second-order valence-corrected chi connectivity index (χ2v) is 6.87. The van der Waals surface area contributed by atoms with Crippen LogP contribution in [0, 0.1) is 0 Å². The van der Waals surface area contributed by atoms with Gasteiger partial charge < -0.3 is 5.32 Å². The van der Waals surface area contributed by atoms with Crippen LogP contribution >= 0.6 is 11.6 Å². The zero-order valence-electron chi connectivity index (χ0n) is 13.3. The molecule has 4 rings (SSSR count). The molecule has 1 fully saturated rings. The maximum Gasteiger partial charge on any atom is 0.330 e. The van der Waals surface area contributed by atoms with Crippen molar-refractivity contribution in [3.8, 4) is 0 Å². The topological polar surface area (TPSA) is 65.0 Å². The number of aliphatic imine (C=N–C) groups is 1. The van der Waals surface area contributed by atoms with E-state index in [9.17, 15) is 9.59 Å². The maximum absolute atomic E-state index is 12.8. The van der Waals surface area contributed by atoms with E-state index in [2.05, 4.69) is 10.3 Å². The summed E-state index contributed by atoms with van der Waals surface area (Å²) < 4.78 is 0. The van der Waals surface area contributed by atoms with Gasteiger partial charge in [-0.2, -0.15) is 0 Å². The van der Waals surface area contributed by atoms with Crippen LogP contribution in [0.4, 0.5) is 10.5 Å². The SMILES string of the molecule is O=C(CN1C(=O)N2CCN=C2c2ccc(Cl)cc21)NC1CCCC1. The number of anilines is 1. The van der Waals surface area contributed by atoms with Crippen molar-refractivity contribution >= 4 is 35.1 Å². The molecule has 24 heavy (non-hydrogen) atoms. The van der Waals surface area contributed by atoms with Crippen LogP contribution in [0.5, 0.6) is 0 Å². The van der Waals surface area contributed by atoms with Crippen LogP contribution in [0.15, 0.2) is 23.2 Å². The monoisotopic (exact) mass is 346 g/mol. The Morgan fingerprint density at radius 3 is 2.92 bits per heavy atom. The zero-order chi connectivity index (χ0) is 16.7. The summed E-state index contributed by atoms with van der Waals surface area (Å²) in [7, 11) is 0. The first kappa shape index (κ1) is 15.4. The quantitative estimate of drug-likeness (QED) is 0.913. The molecule has 0 atom stereocenters. The van der Waals surface area contributed by atoms with Crippen molar-refractivity contribution in [3.05, 3.63) is 28.8 Å². The summed E-state index contributed by atoms with van der Waals surface area (Å²) in [6.45, 7) is 1.15. The van der Waals surface area contributed by atoms with Crippen LogP contribution in [-0.4, -0.2) is 48.3 Å². The maximum atomic E-state index is 12.8. The first-order valence-electron chi connectivity index (χ1n) is 8.36. The fourth-order valence-electron chi connectivity index (χ4n) is 3.67. The Bertz CT molecular complexity index is 727. The van der Waals surface area contributed by atoms with Crippen LogP contribution in [0.2, 0.25) is 5.02 Å². The summed E-state index contributed by atoms with van der Waals surface area (Å²) >= 11 is 6.11. The molecule has 0 radical (unpaired) electrons. The van der Waals surface area contributed by atoms with Gasteiger partial charge >= 0.3 is 6.03 Å². The number of hydrogen-bond acceptors (Lipinski definition) is 3. The molecule has 1 saturated carbocycles. The van der Waals surface area contributed by atoms with E-state index in [-0.39, 0.29) is 24.5 Å². The molecule has 1 aliphatic carbocycles. The third-order valence-corrected chi connectivity index (χ3v) is 5.05. The molecule has 3 aliphatic rings. The van der Waals surface area contributed by atoms with Crippen LogP contribution < -0.4 is 10.2 Å². The van der Waals surface area contributed by atoms with Crippen LogP contribution in [0.25, 0.3) is 0 Å². The molecule has 6 nitrogen and oxygen atoms in total. The van der Waals surface area contributed by atoms with Crippen molar-refractivity contribution < 1.29 is 9.59 Å². The Labute approximate surface area is 145 Å². The molecular weight excluding hydrogens is 328 g/mol. The lowest BCUT2D eigenvalue weighted by Gasteiger charge is -2.35. The van der Waals surface area contributed by atoms with Crippen molar-refractivity contribution in [1.82, 2.24) is 10.2 Å². The van der Waals surface area contributed by atoms with E-state index in [0.717, 1.165) is 31.2 Å². The number of carbonyl (C=O) groups excluding carboxylic acids is 2. The van der Waals surface area contributed by atoms with E-state index in [0.29, 0.717) is 29.6 Å². The lowest BCUT2D eigenvalue weighted by molar-refractivity contribution is -0.120. The molecule has 2 aliphatic heterocycles. The lowest BCUT2D eigenvalue weighted by Crippen LogP contribution is -2.53. The molecule has 0 aromatic heterocycles. The molecule has 0 saturated heterocycles. The molecule has 1 aromatic carbocycles. The second kappa shape index (κ2) is 6.09. The Hall–Kier alpha value is -2.08. The van der Waals surface area contributed by atoms with Crippen molar-refractivity contribution in [2.75, 3.05) is 24.5 Å². The molecule has 126 valence electrons. The number of halogens is 1. The fraction of sp³-hybridized carbons (Fsp3) is 0.471. The number of hydrogen-bond donors (Lipinski definition) is 1. The lowest BCUT2D eigenvalue weighted by atomic mass is 10.1. The van der Waals surface area contributed by atoms with E-state index < -0.39 is 0 Å². The van der Waals surface area contributed by atoms with E-state index in [1.165, 1.54) is 4.90 Å². The highest BCUT2D eigenvalue weighted by Gasteiger charge is 2.38. The van der Waals surface area contributed by atoms with Gasteiger partial charge in [-0.3, -0.25) is 19.6 Å². The molecule has 1 N–H and O–H groups in total. The van der Waals surface area contributed by atoms with Crippen LogP contribution in [-0.2, 0) is 4.79 Å². The van der Waals surface area contributed by atoms with Crippen molar-refractivity contribution in [3.63, 3.8) is 0 Å². The minimum absolute atomic E-state index is 0.00640. The highest BCUT2D eigenvalue weighted by Crippen LogP contribution is 2.33. The minimum Gasteiger partial charge on any atom is -0.352 e. The van der Waals surface area contributed by atoms with Crippen molar-refractivity contribution in [2.24, 2.45) is 4.99 Å². The average molecular weight is 347 g/mol. The van der Waals surface area contributed by atoms with Crippen molar-refractivity contribution in [1.29, 1.82) is 0 Å². The van der Waals surface area contributed by atoms with E-state index >= 15 is 0 Å². The van der Waals surface area contributed by atoms with Gasteiger partial charge in [0.2, 0.25) is 5.91 Å². The number of rotatable bonds is 3. The predicted octanol–water partition coefficient (Wildman–Crippen LogP) is 2.40. The Morgan fingerprint density at radius 1 is 1.33 bits per heavy atom. The summed E-state index contributed by atoms with van der Waals surface area (Å²) in [5.74, 6) is 0.555. The first-order valence-corrected chi connectivity index (χ1v) is 8.74. The number of fused-ring (bicyclic) bond motifs is 3. The number of amidine groups is 1. The number of amides is 3. The Morgan fingerprint density at radius 2 is 2.12 bits per heavy atom. The third-order valence-electron chi connectivity index (χ3n) is 4.82. The summed E-state index contributed by atoms with van der Waals surface area (Å²) in [5, 5.41) is 3.57. The molecule has 0 unspecified atom stereocenters. The van der Waals surface area contributed by atoms with Gasteiger partial charge in [-0.1, -0.05) is 24.4 Å². The summed E-state index contributed by atoms with van der Waals surface area (Å²) in [4.78, 5) is 32.8. The number of nitrogens with zero attached hydrogens (tertiary/aromatic N) is 3. The molecule has 2 heterocycles. The molecular formula is C17H19ClN4O2. The zero-order valence-corrected chi connectivity index (χ0v) is 14.1. The molecule has 7 heteroatoms. The molecule has 3 amide bonds. The largest absolute Gasteiger partial charge is 0.352 e. The second-order valence-electron chi connectivity index (χ2n) is 6.44. The number of nitrogens with one attached hydrogen (secondary N) is 1. The normalized spacial score (nSPS) is 20.0. The first-order chi connectivity index (χ1) is 11.6. The summed E-state index contributed by atoms with van der Waals surface area (Å²) in [5.41, 5.74) is 1.51. The minimum atomic E-state index is -0.206.